The Morgan fingerprint density at radius 3 is 2.33 bits per heavy atom. The molecule has 204 valence electrons. The van der Waals surface area contributed by atoms with Crippen molar-refractivity contribution in [1.29, 1.82) is 0 Å². The van der Waals surface area contributed by atoms with Gasteiger partial charge in [-0.2, -0.15) is 4.98 Å². The molecule has 5 aromatic rings. The van der Waals surface area contributed by atoms with Gasteiger partial charge >= 0.3 is 0 Å². The number of halogens is 1. The predicted octanol–water partition coefficient (Wildman–Crippen LogP) is 5.59. The lowest BCUT2D eigenvalue weighted by Crippen LogP contribution is -2.21. The van der Waals surface area contributed by atoms with Gasteiger partial charge in [-0.15, -0.1) is 11.3 Å². The molecule has 0 aliphatic carbocycles. The van der Waals surface area contributed by atoms with E-state index in [1.165, 1.54) is 28.0 Å². The zero-order chi connectivity index (χ0) is 28.6. The Morgan fingerprint density at radius 1 is 0.975 bits per heavy atom. The van der Waals surface area contributed by atoms with E-state index in [0.29, 0.717) is 23.4 Å². The maximum atomic E-state index is 15.3. The van der Waals surface area contributed by atoms with Gasteiger partial charge in [0.2, 0.25) is 5.88 Å². The molecule has 5 rings (SSSR count). The van der Waals surface area contributed by atoms with E-state index in [2.05, 4.69) is 9.97 Å². The lowest BCUT2D eigenvalue weighted by Gasteiger charge is -2.21. The van der Waals surface area contributed by atoms with Gasteiger partial charge in [-0.25, -0.2) is 9.37 Å². The van der Waals surface area contributed by atoms with E-state index in [1.807, 2.05) is 44.4 Å². The number of benzene rings is 2. The highest BCUT2D eigenvalue weighted by Gasteiger charge is 2.24. The first-order chi connectivity index (χ1) is 19.2. The minimum Gasteiger partial charge on any atom is -0.494 e. The number of hydrogen-bond acceptors (Lipinski definition) is 6. The molecule has 3 heterocycles. The van der Waals surface area contributed by atoms with Gasteiger partial charge in [0.1, 0.15) is 5.82 Å². The van der Waals surface area contributed by atoms with Gasteiger partial charge < -0.3 is 9.67 Å². The molecule has 0 radical (unpaired) electrons. The van der Waals surface area contributed by atoms with Crippen LogP contribution in [-0.2, 0) is 26.3 Å². The number of thiazole rings is 1. The van der Waals surface area contributed by atoms with E-state index in [0.717, 1.165) is 22.5 Å². The summed E-state index contributed by atoms with van der Waals surface area (Å²) in [7, 11) is 1.61. The molecular formula is C31H29FN4O3S. The Balaban J connectivity index is 1.68. The number of aromatic hydroxyl groups is 1. The SMILES string of the molecule is CCc1cccc(CC)c1-n1c(-c2nc(C)cs2)nc(=O)c(Cc2ccc(-c3cccn(C)c3=O)c(F)c2)c1O. The number of rotatable bonds is 7. The topological polar surface area (TPSA) is 90.0 Å². The van der Waals surface area contributed by atoms with Crippen molar-refractivity contribution in [2.75, 3.05) is 0 Å². The maximum absolute atomic E-state index is 15.3. The van der Waals surface area contributed by atoms with E-state index < -0.39 is 11.4 Å². The van der Waals surface area contributed by atoms with Crippen molar-refractivity contribution in [2.24, 2.45) is 7.05 Å². The lowest BCUT2D eigenvalue weighted by atomic mass is 10.00. The number of nitrogens with zero attached hydrogens (tertiary/aromatic N) is 4. The van der Waals surface area contributed by atoms with E-state index >= 15 is 4.39 Å². The van der Waals surface area contributed by atoms with Crippen LogP contribution >= 0.6 is 11.3 Å². The molecule has 9 heteroatoms. The highest BCUT2D eigenvalue weighted by Crippen LogP contribution is 2.34. The van der Waals surface area contributed by atoms with E-state index in [1.54, 1.807) is 36.0 Å². The predicted molar refractivity (Wildman–Crippen MR) is 156 cm³/mol. The largest absolute Gasteiger partial charge is 0.494 e. The van der Waals surface area contributed by atoms with Gasteiger partial charge in [0.15, 0.2) is 10.8 Å². The van der Waals surface area contributed by atoms with Crippen LogP contribution in [0.5, 0.6) is 5.88 Å². The first-order valence-electron chi connectivity index (χ1n) is 13.1. The monoisotopic (exact) mass is 556 g/mol. The van der Waals surface area contributed by atoms with E-state index in [-0.39, 0.29) is 40.4 Å². The van der Waals surface area contributed by atoms with E-state index in [9.17, 15) is 14.7 Å². The number of aromatic nitrogens is 4. The van der Waals surface area contributed by atoms with Crippen molar-refractivity contribution in [3.05, 3.63) is 115 Å². The molecule has 0 saturated carbocycles. The molecule has 3 aromatic heterocycles. The van der Waals surface area contributed by atoms with Gasteiger partial charge in [-0.05, 0) is 54.7 Å². The quantitative estimate of drug-likeness (QED) is 0.282. The lowest BCUT2D eigenvalue weighted by molar-refractivity contribution is 0.429. The van der Waals surface area contributed by atoms with Gasteiger partial charge in [-0.1, -0.05) is 44.2 Å². The van der Waals surface area contributed by atoms with Gasteiger partial charge in [0, 0.05) is 36.3 Å². The van der Waals surface area contributed by atoms with Crippen LogP contribution in [0.2, 0.25) is 0 Å². The zero-order valence-corrected chi connectivity index (χ0v) is 23.6. The molecule has 0 unspecified atom stereocenters. The molecule has 0 amide bonds. The first kappa shape index (κ1) is 27.2. The highest BCUT2D eigenvalue weighted by molar-refractivity contribution is 7.13. The molecule has 0 aliphatic heterocycles. The Hall–Kier alpha value is -4.37. The summed E-state index contributed by atoms with van der Waals surface area (Å²) in [6.07, 6.45) is 2.96. The standard InChI is InChI=1S/C31H29FN4O3S/c1-5-20-9-7-10-21(6-2)26(20)36-27(29-33-18(3)17-40-29)34-28(37)24(31(36)39)15-19-12-13-22(25(32)16-19)23-11-8-14-35(4)30(23)38/h7-14,16-17,39H,5-6,15H2,1-4H3. The van der Waals surface area contributed by atoms with Crippen LogP contribution in [0.4, 0.5) is 4.39 Å². The fourth-order valence-corrected chi connectivity index (χ4v) is 5.68. The average Bonchev–Trinajstić information content (AvgIpc) is 3.38. The van der Waals surface area contributed by atoms with E-state index in [4.69, 9.17) is 0 Å². The smallest absolute Gasteiger partial charge is 0.280 e. The van der Waals surface area contributed by atoms with Crippen LogP contribution in [-0.4, -0.2) is 24.2 Å². The van der Waals surface area contributed by atoms with Gasteiger partial charge in [-0.3, -0.25) is 14.2 Å². The van der Waals surface area contributed by atoms with Crippen molar-refractivity contribution < 1.29 is 9.50 Å². The Kier molecular flexibility index (Phi) is 7.49. The number of pyridine rings is 1. The summed E-state index contributed by atoms with van der Waals surface area (Å²) >= 11 is 1.35. The molecule has 0 fully saturated rings. The Labute approximate surface area is 234 Å². The molecule has 0 atom stereocenters. The second kappa shape index (κ2) is 11.0. The van der Waals surface area contributed by atoms with Crippen molar-refractivity contribution in [3.8, 4) is 33.5 Å². The second-order valence-electron chi connectivity index (χ2n) is 9.63. The maximum Gasteiger partial charge on any atom is 0.280 e. The fraction of sp³-hybridized carbons (Fsp3) is 0.226. The molecule has 0 bridgehead atoms. The van der Waals surface area contributed by atoms with Crippen molar-refractivity contribution in [1.82, 2.24) is 19.1 Å². The third kappa shape index (κ3) is 4.88. The number of hydrogen-bond donors (Lipinski definition) is 1. The summed E-state index contributed by atoms with van der Waals surface area (Å²) in [5, 5.41) is 14.1. The van der Waals surface area contributed by atoms with Gasteiger partial charge in [0.05, 0.1) is 16.8 Å². The summed E-state index contributed by atoms with van der Waals surface area (Å²) in [5.74, 6) is -0.575. The van der Waals surface area contributed by atoms with Crippen molar-refractivity contribution in [3.63, 3.8) is 0 Å². The summed E-state index contributed by atoms with van der Waals surface area (Å²) in [5.41, 5.74) is 3.53. The van der Waals surface area contributed by atoms with Crippen LogP contribution < -0.4 is 11.1 Å². The molecule has 0 spiro atoms. The Morgan fingerprint density at radius 2 is 1.70 bits per heavy atom. The minimum absolute atomic E-state index is 0.0470. The van der Waals surface area contributed by atoms with Crippen LogP contribution in [0.1, 0.15) is 41.8 Å². The number of para-hydroxylation sites is 1. The fourth-order valence-electron chi connectivity index (χ4n) is 4.91. The second-order valence-corrected chi connectivity index (χ2v) is 10.5. The molecule has 0 saturated heterocycles. The van der Waals surface area contributed by atoms with Gasteiger partial charge in [0.25, 0.3) is 11.1 Å². The minimum atomic E-state index is -0.606. The molecular weight excluding hydrogens is 527 g/mol. The molecule has 0 aliphatic rings. The van der Waals surface area contributed by atoms with Crippen LogP contribution in [0.25, 0.3) is 27.6 Å². The normalized spacial score (nSPS) is 11.2. The molecule has 1 N–H and O–H groups in total. The first-order valence-corrected chi connectivity index (χ1v) is 13.9. The van der Waals surface area contributed by atoms with Crippen molar-refractivity contribution >= 4 is 11.3 Å². The summed E-state index contributed by atoms with van der Waals surface area (Å²) < 4.78 is 18.3. The third-order valence-electron chi connectivity index (χ3n) is 6.99. The van der Waals surface area contributed by atoms with Crippen LogP contribution in [0.3, 0.4) is 0 Å². The summed E-state index contributed by atoms with van der Waals surface area (Å²) in [6.45, 7) is 5.92. The molecule has 2 aromatic carbocycles. The molecule has 7 nitrogen and oxygen atoms in total. The zero-order valence-electron chi connectivity index (χ0n) is 22.7. The molecule has 40 heavy (non-hydrogen) atoms. The summed E-state index contributed by atoms with van der Waals surface area (Å²) in [6, 6.07) is 13.7. The third-order valence-corrected chi connectivity index (χ3v) is 7.94. The Bertz CT molecular complexity index is 1830. The van der Waals surface area contributed by atoms with Crippen LogP contribution in [0, 0.1) is 12.7 Å². The summed E-state index contributed by atoms with van der Waals surface area (Å²) in [4.78, 5) is 34.8. The average molecular weight is 557 g/mol. The number of aryl methyl sites for hydroxylation is 4. The van der Waals surface area contributed by atoms with Crippen molar-refractivity contribution in [2.45, 2.75) is 40.0 Å². The van der Waals surface area contributed by atoms with Crippen LogP contribution in [0.15, 0.2) is 69.7 Å². The highest BCUT2D eigenvalue weighted by atomic mass is 32.1.